The highest BCUT2D eigenvalue weighted by Crippen LogP contribution is 2.31. The third-order valence-corrected chi connectivity index (χ3v) is 5.37. The van der Waals surface area contributed by atoms with Crippen molar-refractivity contribution >= 4 is 17.5 Å². The Labute approximate surface area is 185 Å². The number of methoxy groups -OCH3 is 2. The van der Waals surface area contributed by atoms with Crippen LogP contribution in [0.5, 0.6) is 11.5 Å². The summed E-state index contributed by atoms with van der Waals surface area (Å²) in [5.41, 5.74) is 0.856. The van der Waals surface area contributed by atoms with Gasteiger partial charge in [-0.15, -0.1) is 0 Å². The van der Waals surface area contributed by atoms with Crippen molar-refractivity contribution in [1.29, 1.82) is 0 Å². The van der Waals surface area contributed by atoms with Crippen molar-refractivity contribution in [2.24, 2.45) is 0 Å². The lowest BCUT2D eigenvalue weighted by Crippen LogP contribution is -2.22. The van der Waals surface area contributed by atoms with Gasteiger partial charge in [-0.05, 0) is 57.0 Å². The Morgan fingerprint density at radius 2 is 1.90 bits per heavy atom. The van der Waals surface area contributed by atoms with Crippen molar-refractivity contribution in [3.05, 3.63) is 30.5 Å². The molecule has 0 saturated carbocycles. The quantitative estimate of drug-likeness (QED) is 0.485. The number of anilines is 3. The molecular formula is C23H35N5O3. The molecule has 31 heavy (non-hydrogen) atoms. The molecule has 1 saturated heterocycles. The summed E-state index contributed by atoms with van der Waals surface area (Å²) in [6.07, 6.45) is 6.33. The number of hydrogen-bond acceptors (Lipinski definition) is 8. The molecule has 8 nitrogen and oxygen atoms in total. The lowest BCUT2D eigenvalue weighted by molar-refractivity contribution is 0.196. The first kappa shape index (κ1) is 23.1. The van der Waals surface area contributed by atoms with Gasteiger partial charge in [-0.25, -0.2) is 4.98 Å². The first-order valence-corrected chi connectivity index (χ1v) is 11.0. The predicted molar refractivity (Wildman–Crippen MR) is 124 cm³/mol. The summed E-state index contributed by atoms with van der Waals surface area (Å²) in [6, 6.07) is 7.68. The molecule has 2 aromatic rings. The largest absolute Gasteiger partial charge is 0.493 e. The second kappa shape index (κ2) is 12.3. The first-order chi connectivity index (χ1) is 15.2. The fourth-order valence-electron chi connectivity index (χ4n) is 3.66. The number of hydrogen-bond donors (Lipinski definition) is 1. The Bertz CT molecular complexity index is 799. The van der Waals surface area contributed by atoms with Gasteiger partial charge in [0.05, 0.1) is 13.7 Å². The van der Waals surface area contributed by atoms with E-state index in [1.165, 1.54) is 25.9 Å². The molecule has 8 heteroatoms. The van der Waals surface area contributed by atoms with Gasteiger partial charge >= 0.3 is 0 Å². The second-order valence-corrected chi connectivity index (χ2v) is 7.75. The van der Waals surface area contributed by atoms with E-state index in [2.05, 4.69) is 25.1 Å². The van der Waals surface area contributed by atoms with E-state index >= 15 is 0 Å². The predicted octanol–water partition coefficient (Wildman–Crippen LogP) is 3.57. The normalized spacial score (nSPS) is 13.9. The molecule has 1 aromatic heterocycles. The van der Waals surface area contributed by atoms with Crippen LogP contribution in [0.15, 0.2) is 30.5 Å². The molecule has 0 spiro atoms. The molecule has 3 rings (SSSR count). The Morgan fingerprint density at radius 1 is 1.06 bits per heavy atom. The maximum absolute atomic E-state index is 6.03. The van der Waals surface area contributed by atoms with Crippen LogP contribution in [0, 0.1) is 0 Å². The van der Waals surface area contributed by atoms with Crippen LogP contribution >= 0.6 is 0 Å². The van der Waals surface area contributed by atoms with Crippen LogP contribution < -0.4 is 19.7 Å². The summed E-state index contributed by atoms with van der Waals surface area (Å²) < 4.78 is 16.6. The molecule has 0 unspecified atom stereocenters. The number of nitrogens with zero attached hydrogens (tertiary/aromatic N) is 4. The van der Waals surface area contributed by atoms with E-state index in [9.17, 15) is 0 Å². The average molecular weight is 430 g/mol. The maximum atomic E-state index is 6.03. The smallest absolute Gasteiger partial charge is 0.229 e. The zero-order valence-corrected chi connectivity index (χ0v) is 19.0. The number of nitrogens with one attached hydrogen (secondary N) is 1. The number of aromatic nitrogens is 2. The Balaban J connectivity index is 1.58. The van der Waals surface area contributed by atoms with Crippen molar-refractivity contribution in [2.45, 2.75) is 25.7 Å². The number of rotatable bonds is 13. The molecule has 0 atom stereocenters. The fraction of sp³-hybridized carbons (Fsp3) is 0.565. The number of ether oxygens (including phenoxy) is 3. The highest BCUT2D eigenvalue weighted by Gasteiger charge is 2.12. The first-order valence-electron chi connectivity index (χ1n) is 11.0. The Morgan fingerprint density at radius 3 is 2.68 bits per heavy atom. The van der Waals surface area contributed by atoms with Gasteiger partial charge in [0.15, 0.2) is 11.5 Å². The van der Waals surface area contributed by atoms with Crippen molar-refractivity contribution in [2.75, 3.05) is 70.9 Å². The SMILES string of the molecule is COCCCN(C)c1ccnc(Nc2ccc(OC)c(OCCCN3CCCC3)c2)n1. The van der Waals surface area contributed by atoms with E-state index in [0.717, 1.165) is 55.5 Å². The minimum Gasteiger partial charge on any atom is -0.493 e. The van der Waals surface area contributed by atoms with Crippen LogP contribution in [0.25, 0.3) is 0 Å². The summed E-state index contributed by atoms with van der Waals surface area (Å²) in [6.45, 7) is 5.76. The van der Waals surface area contributed by atoms with Crippen molar-refractivity contribution in [3.63, 3.8) is 0 Å². The van der Waals surface area contributed by atoms with Gasteiger partial charge in [0.25, 0.3) is 0 Å². The molecule has 0 aliphatic carbocycles. The molecular weight excluding hydrogens is 394 g/mol. The lowest BCUT2D eigenvalue weighted by Gasteiger charge is -2.18. The molecule has 1 aliphatic rings. The summed E-state index contributed by atoms with van der Waals surface area (Å²) in [5.74, 6) is 2.85. The van der Waals surface area contributed by atoms with Gasteiger partial charge in [0, 0.05) is 51.8 Å². The van der Waals surface area contributed by atoms with E-state index in [1.54, 1.807) is 20.4 Å². The van der Waals surface area contributed by atoms with Crippen molar-refractivity contribution in [1.82, 2.24) is 14.9 Å². The molecule has 0 radical (unpaired) electrons. The zero-order valence-electron chi connectivity index (χ0n) is 19.0. The van der Waals surface area contributed by atoms with Gasteiger partial charge in [0.2, 0.25) is 5.95 Å². The third kappa shape index (κ3) is 7.25. The van der Waals surface area contributed by atoms with Crippen LogP contribution in [-0.4, -0.2) is 75.5 Å². The van der Waals surface area contributed by atoms with E-state index in [1.807, 2.05) is 31.3 Å². The molecule has 2 heterocycles. The minimum atomic E-state index is 0.543. The van der Waals surface area contributed by atoms with Gasteiger partial charge in [0.1, 0.15) is 5.82 Å². The Hall–Kier alpha value is -2.58. The van der Waals surface area contributed by atoms with Crippen LogP contribution in [-0.2, 0) is 4.74 Å². The third-order valence-electron chi connectivity index (χ3n) is 5.37. The molecule has 0 bridgehead atoms. The van der Waals surface area contributed by atoms with Crippen LogP contribution in [0.2, 0.25) is 0 Å². The molecule has 0 amide bonds. The molecule has 170 valence electrons. The van der Waals surface area contributed by atoms with E-state index in [0.29, 0.717) is 12.6 Å². The standard InChI is InChI=1S/C23H35N5O3/c1-27(12-6-16-29-2)22-10-11-24-23(26-22)25-19-8-9-20(30-3)21(18-19)31-17-7-15-28-13-4-5-14-28/h8-11,18H,4-7,12-17H2,1-3H3,(H,24,25,26). The summed E-state index contributed by atoms with van der Waals surface area (Å²) in [5, 5.41) is 3.28. The topological polar surface area (TPSA) is 72.0 Å². The van der Waals surface area contributed by atoms with Crippen LogP contribution in [0.3, 0.4) is 0 Å². The van der Waals surface area contributed by atoms with Crippen molar-refractivity contribution in [3.8, 4) is 11.5 Å². The monoisotopic (exact) mass is 429 g/mol. The van der Waals surface area contributed by atoms with Crippen LogP contribution in [0.4, 0.5) is 17.5 Å². The highest BCUT2D eigenvalue weighted by molar-refractivity contribution is 5.60. The summed E-state index contributed by atoms with van der Waals surface area (Å²) >= 11 is 0. The van der Waals surface area contributed by atoms with E-state index < -0.39 is 0 Å². The van der Waals surface area contributed by atoms with Crippen molar-refractivity contribution < 1.29 is 14.2 Å². The second-order valence-electron chi connectivity index (χ2n) is 7.75. The maximum Gasteiger partial charge on any atom is 0.229 e. The Kier molecular flexibility index (Phi) is 9.17. The van der Waals surface area contributed by atoms with Gasteiger partial charge in [-0.2, -0.15) is 4.98 Å². The number of likely N-dealkylation sites (tertiary alicyclic amines) is 1. The zero-order chi connectivity index (χ0) is 21.9. The summed E-state index contributed by atoms with van der Waals surface area (Å²) in [4.78, 5) is 13.6. The average Bonchev–Trinajstić information content (AvgIpc) is 3.31. The summed E-state index contributed by atoms with van der Waals surface area (Å²) in [7, 11) is 5.39. The van der Waals surface area contributed by atoms with Gasteiger partial charge < -0.3 is 29.3 Å². The van der Waals surface area contributed by atoms with E-state index in [-0.39, 0.29) is 0 Å². The molecule has 1 aliphatic heterocycles. The highest BCUT2D eigenvalue weighted by atomic mass is 16.5. The molecule has 1 N–H and O–H groups in total. The minimum absolute atomic E-state index is 0.543. The molecule has 1 fully saturated rings. The van der Waals surface area contributed by atoms with E-state index in [4.69, 9.17) is 14.2 Å². The molecule has 1 aromatic carbocycles. The van der Waals surface area contributed by atoms with Gasteiger partial charge in [-0.3, -0.25) is 0 Å². The van der Waals surface area contributed by atoms with Gasteiger partial charge in [-0.1, -0.05) is 0 Å². The lowest BCUT2D eigenvalue weighted by atomic mass is 10.2. The van der Waals surface area contributed by atoms with Crippen LogP contribution in [0.1, 0.15) is 25.7 Å². The number of benzene rings is 1. The fourth-order valence-corrected chi connectivity index (χ4v) is 3.66.